The van der Waals surface area contributed by atoms with Crippen molar-refractivity contribution in [3.63, 3.8) is 0 Å². The molecule has 118 valence electrons. The van der Waals surface area contributed by atoms with Gasteiger partial charge < -0.3 is 15.1 Å². The van der Waals surface area contributed by atoms with Crippen LogP contribution in [-0.4, -0.2) is 61.7 Å². The van der Waals surface area contributed by atoms with Crippen molar-refractivity contribution in [1.29, 1.82) is 0 Å². The molecule has 0 aromatic rings. The maximum Gasteiger partial charge on any atom is 0.0117 e. The average Bonchev–Trinajstić information content (AvgIpc) is 2.76. The number of rotatable bonds is 6. The van der Waals surface area contributed by atoms with Crippen molar-refractivity contribution in [3.05, 3.63) is 0 Å². The molecule has 0 bridgehead atoms. The zero-order valence-corrected chi connectivity index (χ0v) is 13.7. The Labute approximate surface area is 126 Å². The summed E-state index contributed by atoms with van der Waals surface area (Å²) in [5.41, 5.74) is 0. The van der Waals surface area contributed by atoms with Crippen molar-refractivity contribution in [1.82, 2.24) is 15.1 Å². The van der Waals surface area contributed by atoms with E-state index in [1.807, 2.05) is 0 Å². The van der Waals surface area contributed by atoms with Crippen LogP contribution in [0.1, 0.15) is 58.3 Å². The van der Waals surface area contributed by atoms with Gasteiger partial charge in [-0.25, -0.2) is 0 Å². The molecule has 1 heterocycles. The Balaban J connectivity index is 1.58. The molecule has 3 nitrogen and oxygen atoms in total. The first kappa shape index (κ1) is 16.3. The van der Waals surface area contributed by atoms with Gasteiger partial charge in [0.05, 0.1) is 0 Å². The van der Waals surface area contributed by atoms with Crippen molar-refractivity contribution in [2.45, 2.75) is 70.4 Å². The van der Waals surface area contributed by atoms with Crippen LogP contribution in [0.15, 0.2) is 0 Å². The van der Waals surface area contributed by atoms with Gasteiger partial charge in [-0.3, -0.25) is 0 Å². The van der Waals surface area contributed by atoms with Crippen LogP contribution in [0.2, 0.25) is 0 Å². The third-order valence-electron chi connectivity index (χ3n) is 5.38. The molecule has 1 saturated heterocycles. The molecule has 1 aliphatic carbocycles. The van der Waals surface area contributed by atoms with E-state index in [1.165, 1.54) is 84.1 Å². The zero-order valence-electron chi connectivity index (χ0n) is 13.7. The molecule has 2 aliphatic rings. The molecule has 1 aliphatic heterocycles. The maximum atomic E-state index is 3.80. The van der Waals surface area contributed by atoms with Crippen LogP contribution in [0.25, 0.3) is 0 Å². The van der Waals surface area contributed by atoms with Crippen LogP contribution in [0, 0.1) is 0 Å². The number of hydrogen-bond donors (Lipinski definition) is 1. The number of piperidine rings is 1. The number of nitrogens with one attached hydrogen (secondary N) is 1. The van der Waals surface area contributed by atoms with Crippen LogP contribution in [0.5, 0.6) is 0 Å². The van der Waals surface area contributed by atoms with Gasteiger partial charge >= 0.3 is 0 Å². The van der Waals surface area contributed by atoms with Crippen molar-refractivity contribution >= 4 is 0 Å². The first-order chi connectivity index (χ1) is 9.79. The fourth-order valence-electron chi connectivity index (χ4n) is 3.79. The van der Waals surface area contributed by atoms with Gasteiger partial charge in [-0.15, -0.1) is 0 Å². The lowest BCUT2D eigenvalue weighted by Crippen LogP contribution is -2.45. The van der Waals surface area contributed by atoms with Crippen molar-refractivity contribution in [3.8, 4) is 0 Å². The minimum absolute atomic E-state index is 0.799. The van der Waals surface area contributed by atoms with Crippen molar-refractivity contribution in [2.75, 3.05) is 39.8 Å². The lowest BCUT2D eigenvalue weighted by atomic mass is 10.0. The third-order valence-corrected chi connectivity index (χ3v) is 5.38. The van der Waals surface area contributed by atoms with Crippen LogP contribution in [0.3, 0.4) is 0 Å². The normalized spacial score (nSPS) is 24.1. The summed E-state index contributed by atoms with van der Waals surface area (Å²) in [6.07, 6.45) is 11.3. The van der Waals surface area contributed by atoms with Crippen molar-refractivity contribution < 1.29 is 0 Å². The van der Waals surface area contributed by atoms with E-state index in [-0.39, 0.29) is 0 Å². The summed E-state index contributed by atoms with van der Waals surface area (Å²) in [7, 11) is 2.32. The quantitative estimate of drug-likeness (QED) is 0.755. The lowest BCUT2D eigenvalue weighted by Gasteiger charge is -2.36. The molecule has 0 spiro atoms. The third kappa shape index (κ3) is 5.34. The van der Waals surface area contributed by atoms with Gasteiger partial charge in [-0.2, -0.15) is 0 Å². The summed E-state index contributed by atoms with van der Waals surface area (Å²) in [5, 5.41) is 3.80. The second-order valence-electron chi connectivity index (χ2n) is 6.79. The van der Waals surface area contributed by atoms with Gasteiger partial charge in [0.25, 0.3) is 0 Å². The van der Waals surface area contributed by atoms with E-state index in [0.29, 0.717) is 0 Å². The summed E-state index contributed by atoms with van der Waals surface area (Å²) >= 11 is 0. The monoisotopic (exact) mass is 281 g/mol. The number of nitrogens with zero attached hydrogens (tertiary/aromatic N) is 2. The highest BCUT2D eigenvalue weighted by molar-refractivity contribution is 4.79. The van der Waals surface area contributed by atoms with E-state index in [0.717, 1.165) is 12.1 Å². The molecule has 3 heteroatoms. The van der Waals surface area contributed by atoms with Gasteiger partial charge in [0, 0.05) is 25.2 Å². The van der Waals surface area contributed by atoms with Crippen molar-refractivity contribution in [2.24, 2.45) is 0 Å². The Morgan fingerprint density at radius 3 is 2.25 bits per heavy atom. The molecule has 0 unspecified atom stereocenters. The SMILES string of the molecule is CCN1CCC(N(C)CCNC2CCCCCC2)CC1. The molecule has 2 rings (SSSR count). The van der Waals surface area contributed by atoms with Crippen LogP contribution in [0.4, 0.5) is 0 Å². The lowest BCUT2D eigenvalue weighted by molar-refractivity contribution is 0.131. The standard InChI is InChI=1S/C17H35N3/c1-3-20-13-10-17(11-14-20)19(2)15-12-18-16-8-6-4-5-7-9-16/h16-18H,3-15H2,1-2H3. The highest BCUT2D eigenvalue weighted by Crippen LogP contribution is 2.17. The summed E-state index contributed by atoms with van der Waals surface area (Å²) in [6.45, 7) is 8.48. The topological polar surface area (TPSA) is 18.5 Å². The largest absolute Gasteiger partial charge is 0.313 e. The number of likely N-dealkylation sites (N-methyl/N-ethyl adjacent to an activating group) is 1. The van der Waals surface area contributed by atoms with Crippen LogP contribution < -0.4 is 5.32 Å². The second kappa shape index (κ2) is 9.01. The fraction of sp³-hybridized carbons (Fsp3) is 1.00. The van der Waals surface area contributed by atoms with Gasteiger partial charge in [0.1, 0.15) is 0 Å². The molecule has 2 fully saturated rings. The molecule has 0 atom stereocenters. The molecule has 0 aromatic heterocycles. The molecular formula is C17H35N3. The predicted octanol–water partition coefficient (Wildman–Crippen LogP) is 2.71. The number of likely N-dealkylation sites (tertiary alicyclic amines) is 1. The van der Waals surface area contributed by atoms with Crippen LogP contribution >= 0.6 is 0 Å². The Kier molecular flexibility index (Phi) is 7.32. The molecule has 0 radical (unpaired) electrons. The maximum absolute atomic E-state index is 3.80. The molecule has 1 saturated carbocycles. The van der Waals surface area contributed by atoms with Gasteiger partial charge in [-0.1, -0.05) is 32.6 Å². The van der Waals surface area contributed by atoms with E-state index in [2.05, 4.69) is 29.1 Å². The predicted molar refractivity (Wildman–Crippen MR) is 87.3 cm³/mol. The highest BCUT2D eigenvalue weighted by Gasteiger charge is 2.21. The Hall–Kier alpha value is -0.120. The molecular weight excluding hydrogens is 246 g/mol. The zero-order chi connectivity index (χ0) is 14.2. The first-order valence-electron chi connectivity index (χ1n) is 8.95. The Bertz CT molecular complexity index is 241. The summed E-state index contributed by atoms with van der Waals surface area (Å²) < 4.78 is 0. The second-order valence-corrected chi connectivity index (χ2v) is 6.79. The summed E-state index contributed by atoms with van der Waals surface area (Å²) in [5.74, 6) is 0. The van der Waals surface area contributed by atoms with Gasteiger partial charge in [0.15, 0.2) is 0 Å². The molecule has 0 amide bonds. The highest BCUT2D eigenvalue weighted by atomic mass is 15.2. The van der Waals surface area contributed by atoms with E-state index >= 15 is 0 Å². The molecule has 20 heavy (non-hydrogen) atoms. The smallest absolute Gasteiger partial charge is 0.0117 e. The van der Waals surface area contributed by atoms with E-state index in [9.17, 15) is 0 Å². The van der Waals surface area contributed by atoms with E-state index in [4.69, 9.17) is 0 Å². The molecule has 1 N–H and O–H groups in total. The average molecular weight is 281 g/mol. The van der Waals surface area contributed by atoms with E-state index < -0.39 is 0 Å². The minimum Gasteiger partial charge on any atom is -0.313 e. The minimum atomic E-state index is 0.799. The van der Waals surface area contributed by atoms with Gasteiger partial charge in [-0.05, 0) is 52.4 Å². The Morgan fingerprint density at radius 1 is 1.00 bits per heavy atom. The Morgan fingerprint density at radius 2 is 1.65 bits per heavy atom. The summed E-state index contributed by atoms with van der Waals surface area (Å²) in [6, 6.07) is 1.61. The van der Waals surface area contributed by atoms with E-state index in [1.54, 1.807) is 0 Å². The number of hydrogen-bond acceptors (Lipinski definition) is 3. The van der Waals surface area contributed by atoms with Crippen LogP contribution in [-0.2, 0) is 0 Å². The fourth-order valence-corrected chi connectivity index (χ4v) is 3.79. The first-order valence-corrected chi connectivity index (χ1v) is 8.95. The molecule has 0 aromatic carbocycles. The summed E-state index contributed by atoms with van der Waals surface area (Å²) in [4.78, 5) is 5.17. The van der Waals surface area contributed by atoms with Gasteiger partial charge in [0.2, 0.25) is 0 Å².